The van der Waals surface area contributed by atoms with E-state index in [-0.39, 0.29) is 61.3 Å². The average Bonchev–Trinajstić information content (AvgIpc) is 3.41. The Kier molecular flexibility index (Phi) is 11.6. The smallest absolute Gasteiger partial charge is 0.337 e. The van der Waals surface area contributed by atoms with Crippen LogP contribution in [0.5, 0.6) is 11.5 Å². The SMILES string of the molecule is C=C1CCC2[C@](C)(COC(=O)CC)C(OC(=O)CC)CC[C@]2(C)[C@H]1CC=C1C(=O)OCC1OC(=O)C=Cc1ccc(OC)c(OC)c1. The van der Waals surface area contributed by atoms with Gasteiger partial charge in [0.2, 0.25) is 0 Å². The third-order valence-corrected chi connectivity index (χ3v) is 10.3. The molecule has 3 aliphatic rings. The van der Waals surface area contributed by atoms with Gasteiger partial charge in [0.05, 0.1) is 19.8 Å². The van der Waals surface area contributed by atoms with Gasteiger partial charge in [-0.1, -0.05) is 52.0 Å². The molecule has 4 rings (SSSR count). The maximum atomic E-state index is 12.8. The van der Waals surface area contributed by atoms with Gasteiger partial charge in [-0.15, -0.1) is 0 Å². The van der Waals surface area contributed by atoms with Crippen LogP contribution in [0.1, 0.15) is 78.2 Å². The van der Waals surface area contributed by atoms with E-state index in [0.29, 0.717) is 35.5 Å². The number of methoxy groups -OCH3 is 2. The molecule has 256 valence electrons. The van der Waals surface area contributed by atoms with Gasteiger partial charge in [0.1, 0.15) is 19.3 Å². The summed E-state index contributed by atoms with van der Waals surface area (Å²) in [7, 11) is 3.08. The Morgan fingerprint density at radius 1 is 1.02 bits per heavy atom. The zero-order chi connectivity index (χ0) is 34.4. The first kappa shape index (κ1) is 35.8. The van der Waals surface area contributed by atoms with Gasteiger partial charge in [-0.05, 0) is 73.1 Å². The fourth-order valence-electron chi connectivity index (χ4n) is 7.69. The second-order valence-corrected chi connectivity index (χ2v) is 13.1. The summed E-state index contributed by atoms with van der Waals surface area (Å²) in [5, 5.41) is 0. The molecule has 3 unspecified atom stereocenters. The Morgan fingerprint density at radius 3 is 2.43 bits per heavy atom. The maximum absolute atomic E-state index is 12.8. The Balaban J connectivity index is 1.52. The number of fused-ring (bicyclic) bond motifs is 1. The predicted octanol–water partition coefficient (Wildman–Crippen LogP) is 6.17. The normalized spacial score (nSPS) is 29.6. The Morgan fingerprint density at radius 2 is 1.74 bits per heavy atom. The third-order valence-electron chi connectivity index (χ3n) is 10.3. The van der Waals surface area contributed by atoms with Crippen LogP contribution in [0, 0.1) is 22.7 Å². The minimum Gasteiger partial charge on any atom is -0.493 e. The molecule has 0 spiro atoms. The minimum atomic E-state index is -0.839. The van der Waals surface area contributed by atoms with E-state index >= 15 is 0 Å². The van der Waals surface area contributed by atoms with Crippen LogP contribution in [-0.2, 0) is 38.1 Å². The van der Waals surface area contributed by atoms with E-state index in [1.54, 1.807) is 45.2 Å². The van der Waals surface area contributed by atoms with E-state index in [4.69, 9.17) is 28.4 Å². The van der Waals surface area contributed by atoms with E-state index in [9.17, 15) is 19.2 Å². The second kappa shape index (κ2) is 15.2. The van der Waals surface area contributed by atoms with E-state index in [1.165, 1.54) is 13.2 Å². The quantitative estimate of drug-likeness (QED) is 0.112. The second-order valence-electron chi connectivity index (χ2n) is 13.1. The number of rotatable bonds is 12. The van der Waals surface area contributed by atoms with Crippen molar-refractivity contribution in [1.82, 2.24) is 0 Å². The number of esters is 4. The maximum Gasteiger partial charge on any atom is 0.337 e. The van der Waals surface area contributed by atoms with Crippen LogP contribution in [0.2, 0.25) is 0 Å². The molecular formula is C37H48O10. The largest absolute Gasteiger partial charge is 0.493 e. The molecule has 0 aromatic heterocycles. The molecule has 3 fully saturated rings. The van der Waals surface area contributed by atoms with E-state index < -0.39 is 23.5 Å². The number of hydrogen-bond donors (Lipinski definition) is 0. The van der Waals surface area contributed by atoms with Crippen molar-refractivity contribution in [3.8, 4) is 11.5 Å². The molecule has 0 amide bonds. The summed E-state index contributed by atoms with van der Waals surface area (Å²) in [4.78, 5) is 50.3. The lowest BCUT2D eigenvalue weighted by Crippen LogP contribution is -2.58. The lowest BCUT2D eigenvalue weighted by Gasteiger charge is -2.60. The van der Waals surface area contributed by atoms with Crippen LogP contribution in [0.4, 0.5) is 0 Å². The van der Waals surface area contributed by atoms with Crippen LogP contribution >= 0.6 is 0 Å². The molecule has 0 bridgehead atoms. The van der Waals surface area contributed by atoms with Crippen LogP contribution in [0.15, 0.2) is 48.1 Å². The molecule has 10 heteroatoms. The molecule has 1 saturated heterocycles. The van der Waals surface area contributed by atoms with Crippen molar-refractivity contribution < 1.29 is 47.6 Å². The van der Waals surface area contributed by atoms with Crippen molar-refractivity contribution in [2.45, 2.75) is 84.8 Å². The van der Waals surface area contributed by atoms with Crippen LogP contribution < -0.4 is 9.47 Å². The fourth-order valence-corrected chi connectivity index (χ4v) is 7.69. The molecule has 0 N–H and O–H groups in total. The van der Waals surface area contributed by atoms with Crippen molar-refractivity contribution in [2.24, 2.45) is 22.7 Å². The zero-order valence-corrected chi connectivity index (χ0v) is 28.4. The summed E-state index contributed by atoms with van der Waals surface area (Å²) < 4.78 is 33.2. The average molecular weight is 653 g/mol. The van der Waals surface area contributed by atoms with E-state index in [0.717, 1.165) is 24.8 Å². The van der Waals surface area contributed by atoms with Gasteiger partial charge in [-0.3, -0.25) is 9.59 Å². The number of cyclic esters (lactones) is 1. The highest BCUT2D eigenvalue weighted by molar-refractivity contribution is 5.93. The van der Waals surface area contributed by atoms with Gasteiger partial charge in [0.25, 0.3) is 0 Å². The van der Waals surface area contributed by atoms with Crippen molar-refractivity contribution in [3.05, 3.63) is 53.6 Å². The standard InChI is InChI=1S/C37H48O10/c1-8-32(38)45-22-37(5)30-16-10-23(3)26(36(30,4)19-18-31(37)47-33(39)9-2)14-13-25-29(21-44-35(25)41)46-34(40)17-12-24-11-15-27(42-6)28(20-24)43-7/h11-13,15,17,20,26,29-31H,3,8-10,14,16,18-19,21-22H2,1-2,4-7H3/t26-,29?,30?,31?,36+,37-/m0/s1. The summed E-state index contributed by atoms with van der Waals surface area (Å²) in [5.74, 6) is -0.536. The summed E-state index contributed by atoms with van der Waals surface area (Å²) in [6.07, 6.45) is 7.48. The summed E-state index contributed by atoms with van der Waals surface area (Å²) in [6.45, 7) is 12.3. The number of ether oxygens (including phenoxy) is 6. The molecule has 1 aliphatic heterocycles. The van der Waals surface area contributed by atoms with Gasteiger partial charge >= 0.3 is 23.9 Å². The number of carbonyl (C=O) groups excluding carboxylic acids is 4. The molecule has 6 atom stereocenters. The molecule has 2 saturated carbocycles. The van der Waals surface area contributed by atoms with Gasteiger partial charge in [-0.2, -0.15) is 0 Å². The van der Waals surface area contributed by atoms with Crippen molar-refractivity contribution >= 4 is 30.0 Å². The molecule has 47 heavy (non-hydrogen) atoms. The van der Waals surface area contributed by atoms with Crippen LogP contribution in [-0.4, -0.2) is 63.5 Å². The highest BCUT2D eigenvalue weighted by atomic mass is 16.6. The molecular weight excluding hydrogens is 604 g/mol. The van der Waals surface area contributed by atoms with Crippen molar-refractivity contribution in [1.29, 1.82) is 0 Å². The summed E-state index contributed by atoms with van der Waals surface area (Å²) in [6, 6.07) is 5.26. The number of benzene rings is 1. The Hall–Kier alpha value is -4.08. The van der Waals surface area contributed by atoms with Gasteiger partial charge in [0, 0.05) is 24.3 Å². The first-order chi connectivity index (χ1) is 22.4. The van der Waals surface area contributed by atoms with Crippen LogP contribution in [0.25, 0.3) is 6.08 Å². The first-order valence-corrected chi connectivity index (χ1v) is 16.4. The van der Waals surface area contributed by atoms with Gasteiger partial charge in [0.15, 0.2) is 17.6 Å². The summed E-state index contributed by atoms with van der Waals surface area (Å²) in [5.41, 5.74) is 1.23. The number of hydrogen-bond acceptors (Lipinski definition) is 10. The number of allylic oxidation sites excluding steroid dienone is 2. The molecule has 1 aromatic carbocycles. The van der Waals surface area contributed by atoms with Gasteiger partial charge < -0.3 is 28.4 Å². The predicted molar refractivity (Wildman–Crippen MR) is 174 cm³/mol. The van der Waals surface area contributed by atoms with E-state index in [1.807, 2.05) is 6.08 Å². The topological polar surface area (TPSA) is 124 Å². The molecule has 1 heterocycles. The van der Waals surface area contributed by atoms with Crippen molar-refractivity contribution in [3.63, 3.8) is 0 Å². The first-order valence-electron chi connectivity index (χ1n) is 16.4. The highest BCUT2D eigenvalue weighted by Crippen LogP contribution is 2.62. The molecule has 1 aromatic rings. The molecule has 2 aliphatic carbocycles. The Bertz CT molecular complexity index is 1430. The molecule has 10 nitrogen and oxygen atoms in total. The lowest BCUT2D eigenvalue weighted by atomic mass is 9.46. The Labute approximate surface area is 277 Å². The van der Waals surface area contributed by atoms with Gasteiger partial charge in [-0.25, -0.2) is 9.59 Å². The van der Waals surface area contributed by atoms with Crippen LogP contribution in [0.3, 0.4) is 0 Å². The molecule has 0 radical (unpaired) electrons. The monoisotopic (exact) mass is 652 g/mol. The fraction of sp³-hybridized carbons (Fsp3) is 0.568. The minimum absolute atomic E-state index is 0.00696. The third kappa shape index (κ3) is 7.74. The van der Waals surface area contributed by atoms with Crippen molar-refractivity contribution in [2.75, 3.05) is 27.4 Å². The zero-order valence-electron chi connectivity index (χ0n) is 28.4. The summed E-state index contributed by atoms with van der Waals surface area (Å²) >= 11 is 0. The highest BCUT2D eigenvalue weighted by Gasteiger charge is 2.59. The lowest BCUT2D eigenvalue weighted by molar-refractivity contribution is -0.193. The number of carbonyl (C=O) groups is 4. The van der Waals surface area contributed by atoms with E-state index in [2.05, 4.69) is 20.4 Å².